The van der Waals surface area contributed by atoms with Crippen LogP contribution in [0, 0.1) is 5.82 Å². The van der Waals surface area contributed by atoms with Crippen molar-refractivity contribution in [1.29, 1.82) is 0 Å². The number of nitrogens with two attached hydrogens (primary N) is 1. The van der Waals surface area contributed by atoms with Gasteiger partial charge in [-0.05, 0) is 64.4 Å². The topological polar surface area (TPSA) is 64.3 Å². The molecule has 0 aliphatic heterocycles. The predicted molar refractivity (Wildman–Crippen MR) is 124 cm³/mol. The number of nitrogen functional groups attached to an aromatic ring is 1. The lowest BCUT2D eigenvalue weighted by Crippen LogP contribution is -2.09. The van der Waals surface area contributed by atoms with Crippen molar-refractivity contribution < 1.29 is 13.9 Å². The summed E-state index contributed by atoms with van der Waals surface area (Å²) in [6, 6.07) is 23.4. The standard InChI is InChI=1S/C26H21FN2O2/c1-31-25-16-21(18-8-9-20-15-22(27)12-10-19(20)14-18)7-6-17(25)11-13-26(30)29-24-5-3-2-4-23(24)28/h2-16H,28H2,1H3,(H,29,30)/b13-11+. The van der Waals surface area contributed by atoms with Gasteiger partial charge in [0.2, 0.25) is 5.91 Å². The first-order chi connectivity index (χ1) is 15.0. The Bertz CT molecular complexity index is 1300. The Hall–Kier alpha value is -4.12. The summed E-state index contributed by atoms with van der Waals surface area (Å²) in [4.78, 5) is 12.3. The van der Waals surface area contributed by atoms with E-state index in [-0.39, 0.29) is 11.7 Å². The average molecular weight is 412 g/mol. The Morgan fingerprint density at radius 1 is 0.935 bits per heavy atom. The Labute approximate surface area is 179 Å². The highest BCUT2D eigenvalue weighted by Crippen LogP contribution is 2.30. The van der Waals surface area contributed by atoms with Gasteiger partial charge in [0.05, 0.1) is 18.5 Å². The zero-order valence-corrected chi connectivity index (χ0v) is 16.9. The molecule has 1 amide bonds. The zero-order chi connectivity index (χ0) is 21.8. The van der Waals surface area contributed by atoms with Crippen LogP contribution in [-0.4, -0.2) is 13.0 Å². The molecule has 5 heteroatoms. The van der Waals surface area contributed by atoms with Crippen LogP contribution in [0.5, 0.6) is 5.75 Å². The first kappa shape index (κ1) is 20.2. The van der Waals surface area contributed by atoms with Gasteiger partial charge in [0.15, 0.2) is 0 Å². The van der Waals surface area contributed by atoms with Crippen molar-refractivity contribution in [3.8, 4) is 16.9 Å². The SMILES string of the molecule is COc1cc(-c2ccc3cc(F)ccc3c2)ccc1/C=C/C(=O)Nc1ccccc1N. The summed E-state index contributed by atoms with van der Waals surface area (Å²) in [5, 5.41) is 4.56. The number of hydrogen-bond acceptors (Lipinski definition) is 3. The molecule has 0 aliphatic carbocycles. The Kier molecular flexibility index (Phi) is 5.67. The number of rotatable bonds is 5. The van der Waals surface area contributed by atoms with Gasteiger partial charge in [-0.15, -0.1) is 0 Å². The van der Waals surface area contributed by atoms with Crippen LogP contribution in [0.2, 0.25) is 0 Å². The van der Waals surface area contributed by atoms with Gasteiger partial charge in [-0.3, -0.25) is 4.79 Å². The molecule has 0 unspecified atom stereocenters. The van der Waals surface area contributed by atoms with E-state index in [1.54, 1.807) is 43.5 Å². The van der Waals surface area contributed by atoms with E-state index >= 15 is 0 Å². The third-order valence-corrected chi connectivity index (χ3v) is 5.00. The number of carbonyl (C=O) groups is 1. The molecular weight excluding hydrogens is 391 g/mol. The third-order valence-electron chi connectivity index (χ3n) is 5.00. The van der Waals surface area contributed by atoms with Gasteiger partial charge in [-0.25, -0.2) is 4.39 Å². The van der Waals surface area contributed by atoms with E-state index in [0.29, 0.717) is 17.1 Å². The van der Waals surface area contributed by atoms with Gasteiger partial charge in [0.1, 0.15) is 11.6 Å². The molecule has 31 heavy (non-hydrogen) atoms. The number of carbonyl (C=O) groups excluding carboxylic acids is 1. The summed E-state index contributed by atoms with van der Waals surface area (Å²) in [5.41, 5.74) is 9.65. The van der Waals surface area contributed by atoms with E-state index in [9.17, 15) is 9.18 Å². The largest absolute Gasteiger partial charge is 0.496 e. The quantitative estimate of drug-likeness (QED) is 0.317. The molecule has 4 aromatic rings. The van der Waals surface area contributed by atoms with Crippen molar-refractivity contribution >= 4 is 34.1 Å². The maximum absolute atomic E-state index is 13.4. The van der Waals surface area contributed by atoms with Crippen LogP contribution >= 0.6 is 0 Å². The molecule has 0 heterocycles. The minimum atomic E-state index is -0.286. The van der Waals surface area contributed by atoms with Crippen molar-refractivity contribution in [2.24, 2.45) is 0 Å². The van der Waals surface area contributed by atoms with Gasteiger partial charge in [-0.2, -0.15) is 0 Å². The molecule has 0 radical (unpaired) electrons. The minimum Gasteiger partial charge on any atom is -0.496 e. The lowest BCUT2D eigenvalue weighted by molar-refractivity contribution is -0.111. The number of anilines is 2. The fraction of sp³-hybridized carbons (Fsp3) is 0.0385. The number of para-hydroxylation sites is 2. The van der Waals surface area contributed by atoms with E-state index in [1.807, 2.05) is 36.4 Å². The molecule has 4 nitrogen and oxygen atoms in total. The van der Waals surface area contributed by atoms with E-state index in [0.717, 1.165) is 27.5 Å². The van der Waals surface area contributed by atoms with Crippen molar-refractivity contribution in [2.75, 3.05) is 18.2 Å². The number of halogens is 1. The Morgan fingerprint density at radius 3 is 2.45 bits per heavy atom. The number of methoxy groups -OCH3 is 1. The highest BCUT2D eigenvalue weighted by Gasteiger charge is 2.07. The van der Waals surface area contributed by atoms with Crippen LogP contribution < -0.4 is 15.8 Å². The second-order valence-corrected chi connectivity index (χ2v) is 7.07. The molecule has 0 bridgehead atoms. The number of fused-ring (bicyclic) bond motifs is 1. The van der Waals surface area contributed by atoms with Gasteiger partial charge >= 0.3 is 0 Å². The first-order valence-corrected chi connectivity index (χ1v) is 9.75. The molecule has 0 aliphatic rings. The zero-order valence-electron chi connectivity index (χ0n) is 16.9. The smallest absolute Gasteiger partial charge is 0.248 e. The highest BCUT2D eigenvalue weighted by molar-refractivity contribution is 6.03. The summed E-state index contributed by atoms with van der Waals surface area (Å²) in [6.07, 6.45) is 3.13. The molecule has 0 atom stereocenters. The van der Waals surface area contributed by atoms with Gasteiger partial charge in [0.25, 0.3) is 0 Å². The molecule has 0 spiro atoms. The fourth-order valence-electron chi connectivity index (χ4n) is 3.38. The Morgan fingerprint density at radius 2 is 1.65 bits per heavy atom. The predicted octanol–water partition coefficient (Wildman–Crippen LogP) is 5.89. The van der Waals surface area contributed by atoms with Gasteiger partial charge in [-0.1, -0.05) is 42.5 Å². The van der Waals surface area contributed by atoms with Crippen molar-refractivity contribution in [3.05, 3.63) is 96.3 Å². The second-order valence-electron chi connectivity index (χ2n) is 7.07. The van der Waals surface area contributed by atoms with E-state index in [4.69, 9.17) is 10.5 Å². The van der Waals surface area contributed by atoms with Crippen LogP contribution in [0.4, 0.5) is 15.8 Å². The van der Waals surface area contributed by atoms with E-state index < -0.39 is 0 Å². The molecule has 3 N–H and O–H groups in total. The van der Waals surface area contributed by atoms with Crippen LogP contribution in [-0.2, 0) is 4.79 Å². The fourth-order valence-corrected chi connectivity index (χ4v) is 3.38. The summed E-state index contributed by atoms with van der Waals surface area (Å²) in [5.74, 6) is 0.0998. The number of benzene rings is 4. The van der Waals surface area contributed by atoms with Gasteiger partial charge in [0, 0.05) is 11.6 Å². The van der Waals surface area contributed by atoms with Crippen molar-refractivity contribution in [3.63, 3.8) is 0 Å². The van der Waals surface area contributed by atoms with Crippen LogP contribution in [0.3, 0.4) is 0 Å². The molecular formula is C26H21FN2O2. The minimum absolute atomic E-state index is 0.253. The maximum atomic E-state index is 13.4. The van der Waals surface area contributed by atoms with Crippen LogP contribution in [0.15, 0.2) is 84.9 Å². The Balaban J connectivity index is 1.57. The lowest BCUT2D eigenvalue weighted by Gasteiger charge is -2.10. The molecule has 0 fully saturated rings. The summed E-state index contributed by atoms with van der Waals surface area (Å²) >= 11 is 0. The van der Waals surface area contributed by atoms with E-state index in [1.165, 1.54) is 18.2 Å². The summed E-state index contributed by atoms with van der Waals surface area (Å²) < 4.78 is 18.9. The number of ether oxygens (including phenoxy) is 1. The normalized spacial score (nSPS) is 11.0. The van der Waals surface area contributed by atoms with Crippen LogP contribution in [0.1, 0.15) is 5.56 Å². The number of amides is 1. The highest BCUT2D eigenvalue weighted by atomic mass is 19.1. The molecule has 154 valence electrons. The van der Waals surface area contributed by atoms with Crippen molar-refractivity contribution in [1.82, 2.24) is 0 Å². The number of hydrogen-bond donors (Lipinski definition) is 2. The van der Waals surface area contributed by atoms with E-state index in [2.05, 4.69) is 5.32 Å². The molecule has 4 aromatic carbocycles. The first-order valence-electron chi connectivity index (χ1n) is 9.75. The van der Waals surface area contributed by atoms with Crippen molar-refractivity contribution in [2.45, 2.75) is 0 Å². The number of nitrogens with one attached hydrogen (secondary N) is 1. The average Bonchev–Trinajstić information content (AvgIpc) is 2.78. The molecule has 0 saturated heterocycles. The monoisotopic (exact) mass is 412 g/mol. The summed E-state index contributed by atoms with van der Waals surface area (Å²) in [7, 11) is 1.59. The summed E-state index contributed by atoms with van der Waals surface area (Å²) in [6.45, 7) is 0. The lowest BCUT2D eigenvalue weighted by atomic mass is 9.99. The van der Waals surface area contributed by atoms with Gasteiger partial charge < -0.3 is 15.8 Å². The maximum Gasteiger partial charge on any atom is 0.248 e. The molecule has 0 aromatic heterocycles. The second kappa shape index (κ2) is 8.71. The molecule has 0 saturated carbocycles. The van der Waals surface area contributed by atoms with Crippen LogP contribution in [0.25, 0.3) is 28.0 Å². The third kappa shape index (κ3) is 4.56. The molecule has 4 rings (SSSR count).